The zero-order chi connectivity index (χ0) is 11.5. The van der Waals surface area contributed by atoms with Crippen molar-refractivity contribution in [2.45, 2.75) is 64.5 Å². The first-order valence-corrected chi connectivity index (χ1v) is 6.47. The van der Waals surface area contributed by atoms with Crippen LogP contribution in [0.4, 0.5) is 0 Å². The van der Waals surface area contributed by atoms with Gasteiger partial charge in [0.05, 0.1) is 11.7 Å². The Hall–Kier alpha value is -0.830. The Kier molecular flexibility index (Phi) is 3.64. The van der Waals surface area contributed by atoms with Crippen molar-refractivity contribution in [3.63, 3.8) is 0 Å². The van der Waals surface area contributed by atoms with Gasteiger partial charge in [0.15, 0.2) is 0 Å². The summed E-state index contributed by atoms with van der Waals surface area (Å²) in [6, 6.07) is 2.83. The first kappa shape index (κ1) is 11.6. The third-order valence-electron chi connectivity index (χ3n) is 3.64. The molecule has 1 fully saturated rings. The lowest BCUT2D eigenvalue weighted by atomic mass is 9.93. The highest BCUT2D eigenvalue weighted by Crippen LogP contribution is 2.26. The Morgan fingerprint density at radius 3 is 2.50 bits per heavy atom. The summed E-state index contributed by atoms with van der Waals surface area (Å²) in [7, 11) is 0. The van der Waals surface area contributed by atoms with Crippen LogP contribution in [0.5, 0.6) is 0 Å². The molecule has 1 aliphatic carbocycles. The molecule has 3 heteroatoms. The van der Waals surface area contributed by atoms with Gasteiger partial charge in [-0.2, -0.15) is 5.10 Å². The van der Waals surface area contributed by atoms with Crippen LogP contribution in [0.15, 0.2) is 6.07 Å². The molecule has 0 spiro atoms. The van der Waals surface area contributed by atoms with Gasteiger partial charge >= 0.3 is 0 Å². The Morgan fingerprint density at radius 2 is 1.88 bits per heavy atom. The van der Waals surface area contributed by atoms with E-state index in [9.17, 15) is 0 Å². The Morgan fingerprint density at radius 1 is 1.19 bits per heavy atom. The van der Waals surface area contributed by atoms with Crippen molar-refractivity contribution < 1.29 is 0 Å². The molecule has 90 valence electrons. The predicted molar refractivity (Wildman–Crippen MR) is 66.4 cm³/mol. The number of aromatic nitrogens is 2. The van der Waals surface area contributed by atoms with Crippen LogP contribution in [-0.2, 0) is 0 Å². The lowest BCUT2D eigenvalue weighted by molar-refractivity contribution is 0.302. The van der Waals surface area contributed by atoms with E-state index in [0.717, 1.165) is 12.1 Å². The van der Waals surface area contributed by atoms with Crippen LogP contribution in [0.1, 0.15) is 56.0 Å². The van der Waals surface area contributed by atoms with Gasteiger partial charge in [-0.15, -0.1) is 0 Å². The van der Waals surface area contributed by atoms with E-state index in [1.54, 1.807) is 0 Å². The van der Waals surface area contributed by atoms with Gasteiger partial charge < -0.3 is 5.73 Å². The summed E-state index contributed by atoms with van der Waals surface area (Å²) in [5.74, 6) is 0. The van der Waals surface area contributed by atoms with Gasteiger partial charge in [-0.05, 0) is 32.8 Å². The lowest BCUT2D eigenvalue weighted by Gasteiger charge is -2.27. The van der Waals surface area contributed by atoms with Crippen molar-refractivity contribution in [3.8, 4) is 0 Å². The average molecular weight is 221 g/mol. The smallest absolute Gasteiger partial charge is 0.0673 e. The summed E-state index contributed by atoms with van der Waals surface area (Å²) in [5.41, 5.74) is 8.65. The number of rotatable bonds is 1. The molecular weight excluding hydrogens is 198 g/mol. The van der Waals surface area contributed by atoms with Crippen LogP contribution in [0.3, 0.4) is 0 Å². The summed E-state index contributed by atoms with van der Waals surface area (Å²) >= 11 is 0. The molecule has 2 atom stereocenters. The van der Waals surface area contributed by atoms with Crippen molar-refractivity contribution in [2.24, 2.45) is 5.73 Å². The molecule has 0 amide bonds. The van der Waals surface area contributed by atoms with E-state index in [1.165, 1.54) is 37.8 Å². The first-order chi connectivity index (χ1) is 7.68. The summed E-state index contributed by atoms with van der Waals surface area (Å²) < 4.78 is 2.16. The van der Waals surface area contributed by atoms with Crippen LogP contribution in [0, 0.1) is 13.8 Å². The maximum absolute atomic E-state index is 6.30. The third kappa shape index (κ3) is 2.46. The van der Waals surface area contributed by atoms with Crippen molar-refractivity contribution in [1.29, 1.82) is 0 Å². The molecule has 1 heterocycles. The van der Waals surface area contributed by atoms with Gasteiger partial charge in [0.1, 0.15) is 0 Å². The van der Waals surface area contributed by atoms with E-state index in [0.29, 0.717) is 6.04 Å². The summed E-state index contributed by atoms with van der Waals surface area (Å²) in [6.45, 7) is 4.18. The fourth-order valence-electron chi connectivity index (χ4n) is 2.78. The number of nitrogens with two attached hydrogens (primary N) is 1. The number of hydrogen-bond acceptors (Lipinski definition) is 2. The molecule has 1 saturated carbocycles. The highest BCUT2D eigenvalue weighted by atomic mass is 15.3. The van der Waals surface area contributed by atoms with E-state index < -0.39 is 0 Å². The molecule has 2 rings (SSSR count). The summed E-state index contributed by atoms with van der Waals surface area (Å²) in [4.78, 5) is 0. The monoisotopic (exact) mass is 221 g/mol. The van der Waals surface area contributed by atoms with Gasteiger partial charge in [0.2, 0.25) is 0 Å². The zero-order valence-corrected chi connectivity index (χ0v) is 10.4. The molecule has 0 aliphatic heterocycles. The fraction of sp³-hybridized carbons (Fsp3) is 0.769. The highest BCUT2D eigenvalue weighted by molar-refractivity contribution is 5.08. The lowest BCUT2D eigenvalue weighted by Crippen LogP contribution is -2.34. The van der Waals surface area contributed by atoms with Crippen LogP contribution in [-0.4, -0.2) is 15.8 Å². The molecule has 16 heavy (non-hydrogen) atoms. The minimum Gasteiger partial charge on any atom is -0.326 e. The number of nitrogens with zero attached hydrogens (tertiary/aromatic N) is 2. The second kappa shape index (κ2) is 5.00. The Labute approximate surface area is 98.0 Å². The van der Waals surface area contributed by atoms with Gasteiger partial charge in [-0.1, -0.05) is 25.7 Å². The van der Waals surface area contributed by atoms with E-state index in [-0.39, 0.29) is 6.04 Å². The summed E-state index contributed by atoms with van der Waals surface area (Å²) in [6.07, 6.45) is 7.58. The fourth-order valence-corrected chi connectivity index (χ4v) is 2.78. The number of hydrogen-bond donors (Lipinski definition) is 1. The van der Waals surface area contributed by atoms with Crippen molar-refractivity contribution in [3.05, 3.63) is 17.5 Å². The third-order valence-corrected chi connectivity index (χ3v) is 3.64. The molecule has 1 aromatic heterocycles. The molecule has 0 aromatic carbocycles. The van der Waals surface area contributed by atoms with E-state index in [2.05, 4.69) is 29.7 Å². The molecule has 1 aliphatic rings. The van der Waals surface area contributed by atoms with Gasteiger partial charge in [0.25, 0.3) is 0 Å². The Balaban J connectivity index is 2.18. The number of aryl methyl sites for hydroxylation is 2. The summed E-state index contributed by atoms with van der Waals surface area (Å²) in [5, 5.41) is 4.59. The molecule has 1 aromatic rings. The molecule has 2 unspecified atom stereocenters. The van der Waals surface area contributed by atoms with Crippen LogP contribution >= 0.6 is 0 Å². The van der Waals surface area contributed by atoms with Crippen LogP contribution in [0.2, 0.25) is 0 Å². The van der Waals surface area contributed by atoms with E-state index >= 15 is 0 Å². The van der Waals surface area contributed by atoms with Crippen LogP contribution in [0.25, 0.3) is 0 Å². The van der Waals surface area contributed by atoms with Gasteiger partial charge in [-0.25, -0.2) is 0 Å². The van der Waals surface area contributed by atoms with Gasteiger partial charge in [0, 0.05) is 11.7 Å². The quantitative estimate of drug-likeness (QED) is 0.792. The van der Waals surface area contributed by atoms with E-state index in [1.807, 2.05) is 0 Å². The van der Waals surface area contributed by atoms with Crippen molar-refractivity contribution in [2.75, 3.05) is 0 Å². The predicted octanol–water partition coefficient (Wildman–Crippen LogP) is 2.72. The second-order valence-electron chi connectivity index (χ2n) is 5.09. The average Bonchev–Trinajstić information content (AvgIpc) is 2.52. The van der Waals surface area contributed by atoms with Crippen LogP contribution < -0.4 is 5.73 Å². The minimum atomic E-state index is 0.276. The normalized spacial score (nSPS) is 27.4. The maximum Gasteiger partial charge on any atom is 0.0673 e. The van der Waals surface area contributed by atoms with Gasteiger partial charge in [-0.3, -0.25) is 4.68 Å². The topological polar surface area (TPSA) is 43.8 Å². The second-order valence-corrected chi connectivity index (χ2v) is 5.09. The standard InChI is InChI=1S/C13H23N3/c1-10-9-11(2)16(15-10)13-8-6-4-3-5-7-12(13)14/h9,12-13H,3-8,14H2,1-2H3. The molecule has 3 nitrogen and oxygen atoms in total. The maximum atomic E-state index is 6.30. The zero-order valence-electron chi connectivity index (χ0n) is 10.4. The largest absolute Gasteiger partial charge is 0.326 e. The molecule has 0 bridgehead atoms. The molecule has 0 radical (unpaired) electrons. The minimum absolute atomic E-state index is 0.276. The van der Waals surface area contributed by atoms with E-state index in [4.69, 9.17) is 5.73 Å². The SMILES string of the molecule is Cc1cc(C)n(C2CCCCCCC2N)n1. The Bertz CT molecular complexity index is 343. The molecule has 0 saturated heterocycles. The molecular formula is C13H23N3. The van der Waals surface area contributed by atoms with Crippen molar-refractivity contribution in [1.82, 2.24) is 9.78 Å². The highest BCUT2D eigenvalue weighted by Gasteiger charge is 2.22. The first-order valence-electron chi connectivity index (χ1n) is 6.47. The molecule has 2 N–H and O–H groups in total. The van der Waals surface area contributed by atoms with Crippen molar-refractivity contribution >= 4 is 0 Å².